The lowest BCUT2D eigenvalue weighted by molar-refractivity contribution is -0.123. The number of carbonyl (C=O) groups is 3. The minimum Gasteiger partial charge on any atom is -0.462 e. The van der Waals surface area contributed by atoms with Gasteiger partial charge in [0.25, 0.3) is 5.56 Å². The molecule has 4 heterocycles. The maximum Gasteiger partial charge on any atom is 0.348 e. The van der Waals surface area contributed by atoms with E-state index < -0.39 is 11.0 Å². The van der Waals surface area contributed by atoms with Crippen LogP contribution in [0.5, 0.6) is 0 Å². The number of aromatic amines is 1. The molecule has 2 N–H and O–H groups in total. The van der Waals surface area contributed by atoms with Crippen LogP contribution in [0.1, 0.15) is 80.4 Å². The van der Waals surface area contributed by atoms with Crippen molar-refractivity contribution in [2.45, 2.75) is 48.5 Å². The van der Waals surface area contributed by atoms with E-state index >= 15 is 0 Å². The van der Waals surface area contributed by atoms with Gasteiger partial charge in [-0.2, -0.15) is 4.98 Å². The van der Waals surface area contributed by atoms with Crippen LogP contribution < -0.4 is 10.9 Å². The second-order valence-electron chi connectivity index (χ2n) is 10.6. The van der Waals surface area contributed by atoms with Gasteiger partial charge in [0.2, 0.25) is 11.9 Å². The zero-order valence-electron chi connectivity index (χ0n) is 25.8. The molecule has 0 spiro atoms. The summed E-state index contributed by atoms with van der Waals surface area (Å²) in [6.45, 7) is 17.2. The number of nitrogens with zero attached hydrogens (tertiary/aromatic N) is 2. The molecule has 0 aliphatic rings. The van der Waals surface area contributed by atoms with E-state index in [1.165, 1.54) is 22.7 Å². The fraction of sp³-hybridized carbons (Fsp3) is 0.312. The first-order valence-electron chi connectivity index (χ1n) is 13.8. The number of pyridine rings is 1. The predicted molar refractivity (Wildman–Crippen MR) is 177 cm³/mol. The molecule has 44 heavy (non-hydrogen) atoms. The van der Waals surface area contributed by atoms with E-state index in [0.717, 1.165) is 20.9 Å². The van der Waals surface area contributed by atoms with E-state index in [-0.39, 0.29) is 29.4 Å². The van der Waals surface area contributed by atoms with Crippen LogP contribution in [0.15, 0.2) is 35.8 Å². The van der Waals surface area contributed by atoms with Crippen LogP contribution in [0.3, 0.4) is 0 Å². The van der Waals surface area contributed by atoms with E-state index in [1.807, 2.05) is 32.1 Å². The predicted octanol–water partition coefficient (Wildman–Crippen LogP) is 6.90. The number of fused-ring (bicyclic) bond motifs is 1. The van der Waals surface area contributed by atoms with Crippen molar-refractivity contribution in [2.24, 2.45) is 5.41 Å². The topological polar surface area (TPSA) is 140 Å². The molecule has 0 unspecified atom stereocenters. The van der Waals surface area contributed by atoms with Gasteiger partial charge in [0.05, 0.1) is 18.6 Å². The number of anilines is 1. The number of nitrogens with one attached hydrogen (secondary N) is 2. The van der Waals surface area contributed by atoms with Crippen LogP contribution in [0, 0.1) is 19.3 Å². The van der Waals surface area contributed by atoms with Crippen molar-refractivity contribution in [3.05, 3.63) is 77.5 Å². The number of rotatable bonds is 8. The average Bonchev–Trinajstić information content (AvgIpc) is 3.54. The van der Waals surface area contributed by atoms with E-state index in [9.17, 15) is 19.2 Å². The largest absolute Gasteiger partial charge is 0.462 e. The number of carbonyl (C=O) groups excluding carboxylic acids is 3. The second kappa shape index (κ2) is 14.8. The zero-order chi connectivity index (χ0) is 32.6. The first kappa shape index (κ1) is 34.1. The highest BCUT2D eigenvalue weighted by Gasteiger charge is 2.22. The van der Waals surface area contributed by atoms with Crippen molar-refractivity contribution in [3.8, 4) is 0 Å². The Labute approximate surface area is 263 Å². The van der Waals surface area contributed by atoms with Crippen LogP contribution in [-0.4, -0.2) is 46.0 Å². The monoisotopic (exact) mass is 636 g/mol. The van der Waals surface area contributed by atoms with Crippen molar-refractivity contribution in [1.29, 1.82) is 0 Å². The highest BCUT2D eigenvalue weighted by atomic mass is 32.1. The van der Waals surface area contributed by atoms with Crippen LogP contribution in [-0.2, 0) is 14.3 Å². The van der Waals surface area contributed by atoms with Gasteiger partial charge in [-0.3, -0.25) is 19.9 Å². The molecule has 0 aliphatic carbocycles. The molecule has 1 amide bonds. The quantitative estimate of drug-likeness (QED) is 0.199. The fourth-order valence-corrected chi connectivity index (χ4v) is 5.51. The molecular formula is C32H36N4O6S2. The number of ether oxygens (including phenoxy) is 2. The minimum atomic E-state index is -0.622. The summed E-state index contributed by atoms with van der Waals surface area (Å²) in [6, 6.07) is 5.30. The summed E-state index contributed by atoms with van der Waals surface area (Å²) in [4.78, 5) is 62.0. The highest BCUT2D eigenvalue weighted by Crippen LogP contribution is 2.26. The van der Waals surface area contributed by atoms with E-state index in [4.69, 9.17) is 9.47 Å². The Hall–Kier alpha value is -4.42. The minimum absolute atomic E-state index is 0.0638. The number of aromatic nitrogens is 3. The summed E-state index contributed by atoms with van der Waals surface area (Å²) in [5.74, 6) is -0.782. The Balaban J connectivity index is 0.000000340. The molecule has 0 bridgehead atoms. The smallest absolute Gasteiger partial charge is 0.348 e. The third-order valence-corrected chi connectivity index (χ3v) is 8.37. The molecule has 0 fully saturated rings. The van der Waals surface area contributed by atoms with Gasteiger partial charge in [-0.15, -0.1) is 22.7 Å². The lowest BCUT2D eigenvalue weighted by Gasteiger charge is -2.16. The van der Waals surface area contributed by atoms with Gasteiger partial charge in [-0.05, 0) is 68.7 Å². The molecule has 0 saturated heterocycles. The normalized spacial score (nSPS) is 11.2. The van der Waals surface area contributed by atoms with E-state index in [2.05, 4.69) is 26.8 Å². The van der Waals surface area contributed by atoms with E-state index in [0.29, 0.717) is 33.9 Å². The molecule has 0 atom stereocenters. The lowest BCUT2D eigenvalue weighted by Crippen LogP contribution is -2.29. The van der Waals surface area contributed by atoms with Crippen LogP contribution in [0.4, 0.5) is 5.95 Å². The number of amides is 1. The molecule has 0 aliphatic heterocycles. The third kappa shape index (κ3) is 8.80. The summed E-state index contributed by atoms with van der Waals surface area (Å²) in [5.41, 5.74) is 1.95. The maximum absolute atomic E-state index is 12.5. The number of H-pyrrole nitrogens is 1. The van der Waals surface area contributed by atoms with Crippen molar-refractivity contribution in [3.63, 3.8) is 0 Å². The van der Waals surface area contributed by atoms with Crippen molar-refractivity contribution in [1.82, 2.24) is 15.0 Å². The standard InChI is InChI=1S/C22H24N4O4S.C10H12O2S/c1-6-30-19(28)16-9-12(2)15(31-16)8-7-13-10-14-17(23-11-13)24-21(25-18(14)27)26-20(29)22(3,4)5;1-4-8-7(3)6-9(13-8)10(11)12-5-2/h7-11H,6H2,1-5H3,(H2,23,24,25,26,27,29);4,6H,1,5H2,2-3H3/b8-7+;. The first-order chi connectivity index (χ1) is 20.8. The summed E-state index contributed by atoms with van der Waals surface area (Å²) < 4.78 is 9.92. The summed E-state index contributed by atoms with van der Waals surface area (Å²) in [5, 5.41) is 2.92. The SMILES string of the molecule is C=Cc1sc(C(=O)OCC)cc1C.CCOC(=O)c1cc(C)c(/C=C/c2cnc3nc(NC(=O)C(C)(C)C)[nH]c(=O)c3c2)s1. The summed E-state index contributed by atoms with van der Waals surface area (Å²) in [7, 11) is 0. The number of aryl methyl sites for hydroxylation is 2. The van der Waals surface area contributed by atoms with Crippen molar-refractivity contribution >= 4 is 75.7 Å². The lowest BCUT2D eigenvalue weighted by atomic mass is 9.96. The second-order valence-corrected chi connectivity index (χ2v) is 12.7. The van der Waals surface area contributed by atoms with Gasteiger partial charge < -0.3 is 9.47 Å². The summed E-state index contributed by atoms with van der Waals surface area (Å²) >= 11 is 2.76. The maximum atomic E-state index is 12.5. The number of hydrogen-bond donors (Lipinski definition) is 2. The third-order valence-electron chi connectivity index (χ3n) is 5.97. The molecule has 0 radical (unpaired) electrons. The first-order valence-corrected chi connectivity index (χ1v) is 15.5. The number of esters is 2. The molecule has 232 valence electrons. The van der Waals surface area contributed by atoms with Gasteiger partial charge in [-0.1, -0.05) is 39.5 Å². The summed E-state index contributed by atoms with van der Waals surface area (Å²) in [6.07, 6.45) is 7.03. The van der Waals surface area contributed by atoms with Crippen molar-refractivity contribution in [2.75, 3.05) is 18.5 Å². The van der Waals surface area contributed by atoms with Gasteiger partial charge in [0, 0.05) is 21.4 Å². The molecule has 4 aromatic rings. The Bertz CT molecular complexity index is 1780. The Morgan fingerprint density at radius 2 is 1.52 bits per heavy atom. The van der Waals surface area contributed by atoms with Crippen LogP contribution >= 0.6 is 22.7 Å². The van der Waals surface area contributed by atoms with Gasteiger partial charge >= 0.3 is 11.9 Å². The molecule has 10 nitrogen and oxygen atoms in total. The number of hydrogen-bond acceptors (Lipinski definition) is 10. The van der Waals surface area contributed by atoms with Crippen molar-refractivity contribution < 1.29 is 23.9 Å². The Morgan fingerprint density at radius 1 is 0.955 bits per heavy atom. The number of thiophene rings is 2. The Morgan fingerprint density at radius 3 is 2.05 bits per heavy atom. The molecule has 12 heteroatoms. The molecular weight excluding hydrogens is 601 g/mol. The van der Waals surface area contributed by atoms with Crippen LogP contribution in [0.2, 0.25) is 0 Å². The van der Waals surface area contributed by atoms with E-state index in [1.54, 1.807) is 59.0 Å². The molecule has 4 rings (SSSR count). The highest BCUT2D eigenvalue weighted by molar-refractivity contribution is 7.15. The molecule has 0 aromatic carbocycles. The van der Waals surface area contributed by atoms with Gasteiger partial charge in [-0.25, -0.2) is 14.6 Å². The zero-order valence-corrected chi connectivity index (χ0v) is 27.5. The fourth-order valence-electron chi connectivity index (χ4n) is 3.62. The van der Waals surface area contributed by atoms with Gasteiger partial charge in [0.15, 0.2) is 5.65 Å². The molecule has 4 aromatic heterocycles. The average molecular weight is 637 g/mol. The Kier molecular flexibility index (Phi) is 11.5. The van der Waals surface area contributed by atoms with Crippen LogP contribution in [0.25, 0.3) is 29.3 Å². The molecule has 0 saturated carbocycles. The van der Waals surface area contributed by atoms with Gasteiger partial charge in [0.1, 0.15) is 9.75 Å².